The Hall–Kier alpha value is -0.430. The Morgan fingerprint density at radius 1 is 1.24 bits per heavy atom. The Kier molecular flexibility index (Phi) is 11.0. The van der Waals surface area contributed by atoms with Gasteiger partial charge in [-0.1, -0.05) is 19.9 Å². The van der Waals surface area contributed by atoms with E-state index in [1.54, 1.807) is 0 Å². The number of guanidine groups is 1. The fraction of sp³-hybridized carbons (Fsp3) is 0.562. The van der Waals surface area contributed by atoms with Crippen molar-refractivity contribution in [1.29, 1.82) is 0 Å². The SMILES string of the molecule is Cc1cc(C)cc(NC(N)=NCCCSCC(C)C)c1.I. The number of nitrogens with one attached hydrogen (secondary N) is 1. The highest BCUT2D eigenvalue weighted by atomic mass is 127. The number of hydrogen-bond donors (Lipinski definition) is 2. The lowest BCUT2D eigenvalue weighted by Gasteiger charge is -2.08. The van der Waals surface area contributed by atoms with E-state index in [1.807, 2.05) is 11.8 Å². The maximum absolute atomic E-state index is 5.90. The molecule has 0 aromatic heterocycles. The number of benzene rings is 1. The minimum Gasteiger partial charge on any atom is -0.370 e. The molecule has 1 rings (SSSR count). The van der Waals surface area contributed by atoms with Crippen LogP contribution in [0.15, 0.2) is 23.2 Å². The zero-order valence-electron chi connectivity index (χ0n) is 13.5. The summed E-state index contributed by atoms with van der Waals surface area (Å²) in [6, 6.07) is 6.30. The van der Waals surface area contributed by atoms with E-state index in [1.165, 1.54) is 16.9 Å². The molecule has 0 aliphatic rings. The van der Waals surface area contributed by atoms with Crippen molar-refractivity contribution in [3.63, 3.8) is 0 Å². The molecule has 0 atom stereocenters. The van der Waals surface area contributed by atoms with Crippen molar-refractivity contribution in [2.24, 2.45) is 16.6 Å². The first-order valence-corrected chi connectivity index (χ1v) is 8.36. The molecule has 0 saturated carbocycles. The van der Waals surface area contributed by atoms with Gasteiger partial charge in [-0.15, -0.1) is 24.0 Å². The number of rotatable bonds is 7. The molecular weight excluding hydrogens is 393 g/mol. The molecule has 21 heavy (non-hydrogen) atoms. The van der Waals surface area contributed by atoms with Gasteiger partial charge in [0, 0.05) is 12.2 Å². The molecule has 3 nitrogen and oxygen atoms in total. The van der Waals surface area contributed by atoms with Gasteiger partial charge in [0.25, 0.3) is 0 Å². The highest BCUT2D eigenvalue weighted by molar-refractivity contribution is 14.0. The molecular formula is C16H28IN3S. The standard InChI is InChI=1S/C16H27N3S.HI/c1-12(2)11-20-7-5-6-18-16(17)19-15-9-13(3)8-14(4)10-15;/h8-10,12H,5-7,11H2,1-4H3,(H3,17,18,19);1H. The summed E-state index contributed by atoms with van der Waals surface area (Å²) >= 11 is 1.99. The van der Waals surface area contributed by atoms with Gasteiger partial charge in [0.2, 0.25) is 0 Å². The van der Waals surface area contributed by atoms with Crippen LogP contribution in [0.2, 0.25) is 0 Å². The fourth-order valence-corrected chi connectivity index (χ4v) is 2.89. The van der Waals surface area contributed by atoms with E-state index in [4.69, 9.17) is 5.73 Å². The predicted octanol–water partition coefficient (Wildman–Crippen LogP) is 4.43. The quantitative estimate of drug-likeness (QED) is 0.297. The normalized spacial score (nSPS) is 11.4. The number of thioether (sulfide) groups is 1. The van der Waals surface area contributed by atoms with Gasteiger partial charge < -0.3 is 11.1 Å². The molecule has 0 saturated heterocycles. The molecule has 5 heteroatoms. The van der Waals surface area contributed by atoms with E-state index in [0.29, 0.717) is 5.96 Å². The lowest BCUT2D eigenvalue weighted by molar-refractivity contribution is 0.749. The molecule has 0 spiro atoms. The Morgan fingerprint density at radius 2 is 1.86 bits per heavy atom. The van der Waals surface area contributed by atoms with Crippen molar-refractivity contribution in [1.82, 2.24) is 0 Å². The largest absolute Gasteiger partial charge is 0.370 e. The van der Waals surface area contributed by atoms with Crippen LogP contribution < -0.4 is 11.1 Å². The fourth-order valence-electron chi connectivity index (χ4n) is 1.92. The smallest absolute Gasteiger partial charge is 0.193 e. The molecule has 0 heterocycles. The number of nitrogens with zero attached hydrogens (tertiary/aromatic N) is 1. The van der Waals surface area contributed by atoms with Gasteiger partial charge in [-0.3, -0.25) is 4.99 Å². The summed E-state index contributed by atoms with van der Waals surface area (Å²) in [5, 5.41) is 3.15. The van der Waals surface area contributed by atoms with E-state index in [2.05, 4.69) is 56.2 Å². The van der Waals surface area contributed by atoms with Crippen LogP contribution in [-0.4, -0.2) is 24.0 Å². The molecule has 0 bridgehead atoms. The Balaban J connectivity index is 0.00000400. The summed E-state index contributed by atoms with van der Waals surface area (Å²) in [7, 11) is 0. The maximum atomic E-state index is 5.90. The molecule has 0 amide bonds. The lowest BCUT2D eigenvalue weighted by Crippen LogP contribution is -2.23. The highest BCUT2D eigenvalue weighted by Gasteiger charge is 1.98. The molecule has 0 aliphatic carbocycles. The third kappa shape index (κ3) is 10.0. The third-order valence-corrected chi connectivity index (χ3v) is 4.15. The average molecular weight is 421 g/mol. The van der Waals surface area contributed by atoms with Gasteiger partial charge in [-0.05, 0) is 61.0 Å². The van der Waals surface area contributed by atoms with Crippen molar-refractivity contribution in [2.45, 2.75) is 34.1 Å². The predicted molar refractivity (Wildman–Crippen MR) is 108 cm³/mol. The van der Waals surface area contributed by atoms with E-state index < -0.39 is 0 Å². The first-order chi connectivity index (χ1) is 9.47. The summed E-state index contributed by atoms with van der Waals surface area (Å²) in [4.78, 5) is 4.37. The summed E-state index contributed by atoms with van der Waals surface area (Å²) in [6.45, 7) is 9.44. The number of nitrogens with two attached hydrogens (primary N) is 1. The van der Waals surface area contributed by atoms with E-state index in [0.717, 1.165) is 30.3 Å². The molecule has 0 radical (unpaired) electrons. The number of halogens is 1. The number of anilines is 1. The third-order valence-electron chi connectivity index (χ3n) is 2.67. The van der Waals surface area contributed by atoms with Gasteiger partial charge >= 0.3 is 0 Å². The Morgan fingerprint density at radius 3 is 2.43 bits per heavy atom. The van der Waals surface area contributed by atoms with Gasteiger partial charge in [0.15, 0.2) is 5.96 Å². The van der Waals surface area contributed by atoms with Crippen molar-refractivity contribution in [3.8, 4) is 0 Å². The summed E-state index contributed by atoms with van der Waals surface area (Å²) in [6.07, 6.45) is 1.08. The molecule has 3 N–H and O–H groups in total. The Bertz CT molecular complexity index is 427. The molecule has 0 unspecified atom stereocenters. The van der Waals surface area contributed by atoms with Crippen LogP contribution in [0.3, 0.4) is 0 Å². The summed E-state index contributed by atoms with van der Waals surface area (Å²) < 4.78 is 0. The number of hydrogen-bond acceptors (Lipinski definition) is 2. The van der Waals surface area contributed by atoms with E-state index in [9.17, 15) is 0 Å². The monoisotopic (exact) mass is 421 g/mol. The van der Waals surface area contributed by atoms with Crippen molar-refractivity contribution in [3.05, 3.63) is 29.3 Å². The molecule has 0 fully saturated rings. The first-order valence-electron chi connectivity index (χ1n) is 7.20. The van der Waals surface area contributed by atoms with Crippen LogP contribution >= 0.6 is 35.7 Å². The van der Waals surface area contributed by atoms with E-state index in [-0.39, 0.29) is 24.0 Å². The van der Waals surface area contributed by atoms with Crippen LogP contribution in [-0.2, 0) is 0 Å². The molecule has 0 aliphatic heterocycles. The average Bonchev–Trinajstić information content (AvgIpc) is 2.31. The van der Waals surface area contributed by atoms with Crippen LogP contribution in [0.1, 0.15) is 31.4 Å². The highest BCUT2D eigenvalue weighted by Crippen LogP contribution is 2.13. The summed E-state index contributed by atoms with van der Waals surface area (Å²) in [5.41, 5.74) is 9.37. The van der Waals surface area contributed by atoms with Gasteiger partial charge in [-0.2, -0.15) is 11.8 Å². The van der Waals surface area contributed by atoms with Crippen LogP contribution in [0.4, 0.5) is 5.69 Å². The van der Waals surface area contributed by atoms with Crippen LogP contribution in [0.5, 0.6) is 0 Å². The van der Waals surface area contributed by atoms with Gasteiger partial charge in [0.05, 0.1) is 0 Å². The number of aryl methyl sites for hydroxylation is 2. The Labute approximate surface area is 150 Å². The first kappa shape index (κ1) is 20.6. The zero-order valence-corrected chi connectivity index (χ0v) is 16.6. The lowest BCUT2D eigenvalue weighted by atomic mass is 10.1. The minimum absolute atomic E-state index is 0. The molecule has 1 aromatic carbocycles. The summed E-state index contributed by atoms with van der Waals surface area (Å²) in [5.74, 6) is 3.64. The van der Waals surface area contributed by atoms with Crippen LogP contribution in [0.25, 0.3) is 0 Å². The van der Waals surface area contributed by atoms with Crippen molar-refractivity contribution < 1.29 is 0 Å². The van der Waals surface area contributed by atoms with Gasteiger partial charge in [0.1, 0.15) is 0 Å². The second-order valence-corrected chi connectivity index (χ2v) is 6.74. The number of aliphatic imine (C=N–C) groups is 1. The second kappa shape index (κ2) is 11.2. The second-order valence-electron chi connectivity index (χ2n) is 5.59. The van der Waals surface area contributed by atoms with Gasteiger partial charge in [-0.25, -0.2) is 0 Å². The zero-order chi connectivity index (χ0) is 15.0. The van der Waals surface area contributed by atoms with Crippen LogP contribution in [0, 0.1) is 19.8 Å². The van der Waals surface area contributed by atoms with Crippen molar-refractivity contribution in [2.75, 3.05) is 23.4 Å². The molecule has 120 valence electrons. The van der Waals surface area contributed by atoms with E-state index >= 15 is 0 Å². The topological polar surface area (TPSA) is 50.4 Å². The molecule has 1 aromatic rings. The maximum Gasteiger partial charge on any atom is 0.193 e. The minimum atomic E-state index is 0. The van der Waals surface area contributed by atoms with Crippen molar-refractivity contribution >= 4 is 47.4 Å².